The molecule has 0 aliphatic rings. The van der Waals surface area contributed by atoms with Gasteiger partial charge >= 0.3 is 10.1 Å². The van der Waals surface area contributed by atoms with E-state index in [0.717, 1.165) is 5.56 Å². The minimum Gasteiger partial charge on any atom is -0.497 e. The third-order valence-electron chi connectivity index (χ3n) is 4.59. The molecule has 3 aromatic rings. The van der Waals surface area contributed by atoms with Crippen LogP contribution < -0.4 is 13.7 Å². The Morgan fingerprint density at radius 1 is 1.00 bits per heavy atom. The number of methoxy groups -OCH3 is 2. The Balaban J connectivity index is 1.97. The van der Waals surface area contributed by atoms with Gasteiger partial charge in [0.1, 0.15) is 10.6 Å². The van der Waals surface area contributed by atoms with Crippen LogP contribution in [0.3, 0.4) is 0 Å². The second-order valence-electron chi connectivity index (χ2n) is 6.78. The first-order valence-electron chi connectivity index (χ1n) is 9.42. The number of hydrogen-bond acceptors (Lipinski definition) is 6. The second kappa shape index (κ2) is 9.77. The molecule has 0 amide bonds. The standard InChI is InChI=1S/C24H20ClNO5S/c1-16-4-10-21(11-5-16)32(27,28)31-24-22(25)13-17(14-23(24)30-3)12-19(15-26)18-6-8-20(29-2)9-7-18/h4-14H,1-3H3/b19-12+. The predicted molar refractivity (Wildman–Crippen MR) is 123 cm³/mol. The van der Waals surface area contributed by atoms with E-state index in [9.17, 15) is 13.7 Å². The minimum atomic E-state index is -4.12. The normalized spacial score (nSPS) is 11.5. The minimum absolute atomic E-state index is 0.00327. The van der Waals surface area contributed by atoms with Gasteiger partial charge in [-0.3, -0.25) is 0 Å². The van der Waals surface area contributed by atoms with Crippen LogP contribution in [0.2, 0.25) is 5.02 Å². The van der Waals surface area contributed by atoms with E-state index in [1.807, 2.05) is 6.92 Å². The fraction of sp³-hybridized carbons (Fsp3) is 0.125. The lowest BCUT2D eigenvalue weighted by molar-refractivity contribution is 0.390. The van der Waals surface area contributed by atoms with Crippen molar-refractivity contribution < 1.29 is 22.1 Å². The molecule has 3 aromatic carbocycles. The molecule has 164 valence electrons. The monoisotopic (exact) mass is 469 g/mol. The first kappa shape index (κ1) is 23.2. The number of hydrogen-bond donors (Lipinski definition) is 0. The van der Waals surface area contributed by atoms with E-state index in [4.69, 9.17) is 25.3 Å². The van der Waals surface area contributed by atoms with E-state index in [1.54, 1.807) is 55.7 Å². The summed E-state index contributed by atoms with van der Waals surface area (Å²) in [5, 5.41) is 9.62. The molecule has 0 spiro atoms. The maximum atomic E-state index is 12.7. The van der Waals surface area contributed by atoms with Crippen LogP contribution in [0, 0.1) is 18.3 Å². The first-order chi connectivity index (χ1) is 15.3. The van der Waals surface area contributed by atoms with Gasteiger partial charge in [0.2, 0.25) is 5.75 Å². The van der Waals surface area contributed by atoms with Crippen LogP contribution in [0.4, 0.5) is 0 Å². The highest BCUT2D eigenvalue weighted by Gasteiger charge is 2.22. The maximum absolute atomic E-state index is 12.7. The van der Waals surface area contributed by atoms with Crippen molar-refractivity contribution in [2.75, 3.05) is 14.2 Å². The van der Waals surface area contributed by atoms with Gasteiger partial charge in [-0.25, -0.2) is 0 Å². The van der Waals surface area contributed by atoms with E-state index in [-0.39, 0.29) is 21.4 Å². The van der Waals surface area contributed by atoms with Gasteiger partial charge in [0.25, 0.3) is 0 Å². The summed E-state index contributed by atoms with van der Waals surface area (Å²) < 4.78 is 41.1. The number of benzene rings is 3. The molecule has 0 heterocycles. The zero-order chi connectivity index (χ0) is 23.3. The van der Waals surface area contributed by atoms with Crippen LogP contribution in [0.1, 0.15) is 16.7 Å². The van der Waals surface area contributed by atoms with Gasteiger partial charge in [0.05, 0.1) is 30.9 Å². The van der Waals surface area contributed by atoms with Crippen LogP contribution in [0.15, 0.2) is 65.6 Å². The number of rotatable bonds is 7. The molecular formula is C24H20ClNO5S. The summed E-state index contributed by atoms with van der Waals surface area (Å²) in [5.74, 6) is 0.661. The molecule has 0 bridgehead atoms. The molecule has 0 unspecified atom stereocenters. The van der Waals surface area contributed by atoms with Gasteiger partial charge in [0.15, 0.2) is 5.75 Å². The summed E-state index contributed by atoms with van der Waals surface area (Å²) in [7, 11) is -1.18. The smallest absolute Gasteiger partial charge is 0.339 e. The number of nitrogens with zero attached hydrogens (tertiary/aromatic N) is 1. The Kier molecular flexibility index (Phi) is 7.08. The number of ether oxygens (including phenoxy) is 2. The molecular weight excluding hydrogens is 450 g/mol. The summed E-state index contributed by atoms with van der Waals surface area (Å²) in [6.07, 6.45) is 1.62. The molecule has 0 atom stereocenters. The van der Waals surface area contributed by atoms with Crippen molar-refractivity contribution in [2.45, 2.75) is 11.8 Å². The number of halogens is 1. The molecule has 0 N–H and O–H groups in total. The van der Waals surface area contributed by atoms with Crippen molar-refractivity contribution >= 4 is 33.4 Å². The lowest BCUT2D eigenvalue weighted by atomic mass is 10.0. The third-order valence-corrected chi connectivity index (χ3v) is 6.10. The first-order valence-corrected chi connectivity index (χ1v) is 11.2. The van der Waals surface area contributed by atoms with Gasteiger partial charge in [-0.1, -0.05) is 29.3 Å². The number of nitriles is 1. The van der Waals surface area contributed by atoms with E-state index < -0.39 is 10.1 Å². The third kappa shape index (κ3) is 5.22. The van der Waals surface area contributed by atoms with Gasteiger partial charge in [-0.15, -0.1) is 0 Å². The molecule has 0 saturated carbocycles. The summed E-state index contributed by atoms with van der Waals surface area (Å²) in [6, 6.07) is 18.5. The lowest BCUT2D eigenvalue weighted by Crippen LogP contribution is -2.11. The topological polar surface area (TPSA) is 85.6 Å². The maximum Gasteiger partial charge on any atom is 0.339 e. The predicted octanol–water partition coefficient (Wildman–Crippen LogP) is 5.50. The molecule has 0 fully saturated rings. The summed E-state index contributed by atoms with van der Waals surface area (Å²) in [4.78, 5) is -0.00327. The van der Waals surface area contributed by atoms with Crippen molar-refractivity contribution in [3.63, 3.8) is 0 Å². The molecule has 0 aromatic heterocycles. The molecule has 0 aliphatic heterocycles. The lowest BCUT2D eigenvalue weighted by Gasteiger charge is -2.13. The number of allylic oxidation sites excluding steroid dienone is 1. The summed E-state index contributed by atoms with van der Waals surface area (Å²) in [6.45, 7) is 1.85. The second-order valence-corrected chi connectivity index (χ2v) is 8.74. The highest BCUT2D eigenvalue weighted by molar-refractivity contribution is 7.87. The van der Waals surface area contributed by atoms with E-state index in [2.05, 4.69) is 6.07 Å². The fourth-order valence-electron chi connectivity index (χ4n) is 2.88. The Morgan fingerprint density at radius 2 is 1.66 bits per heavy atom. The highest BCUT2D eigenvalue weighted by atomic mass is 35.5. The van der Waals surface area contributed by atoms with E-state index >= 15 is 0 Å². The van der Waals surface area contributed by atoms with Crippen LogP contribution in [0.5, 0.6) is 17.2 Å². The Labute approximate surface area is 192 Å². The molecule has 32 heavy (non-hydrogen) atoms. The summed E-state index contributed by atoms with van der Waals surface area (Å²) >= 11 is 6.35. The zero-order valence-corrected chi connectivity index (χ0v) is 19.2. The average molecular weight is 470 g/mol. The fourth-order valence-corrected chi connectivity index (χ4v) is 4.14. The van der Waals surface area contributed by atoms with Crippen LogP contribution in [-0.2, 0) is 10.1 Å². The van der Waals surface area contributed by atoms with Crippen LogP contribution in [-0.4, -0.2) is 22.6 Å². The van der Waals surface area contributed by atoms with E-state index in [0.29, 0.717) is 22.4 Å². The van der Waals surface area contributed by atoms with Crippen LogP contribution >= 0.6 is 11.6 Å². The quantitative estimate of drug-likeness (QED) is 0.258. The molecule has 0 saturated heterocycles. The molecule has 6 nitrogen and oxygen atoms in total. The van der Waals surface area contributed by atoms with Gasteiger partial charge < -0.3 is 13.7 Å². The zero-order valence-electron chi connectivity index (χ0n) is 17.6. The summed E-state index contributed by atoms with van der Waals surface area (Å²) in [5.41, 5.74) is 2.53. The molecule has 0 aliphatic carbocycles. The molecule has 3 rings (SSSR count). The van der Waals surface area contributed by atoms with Crippen molar-refractivity contribution in [1.29, 1.82) is 5.26 Å². The molecule has 0 radical (unpaired) electrons. The Bertz CT molecular complexity index is 1290. The molecule has 8 heteroatoms. The van der Waals surface area contributed by atoms with Crippen molar-refractivity contribution in [2.24, 2.45) is 0 Å². The van der Waals surface area contributed by atoms with Crippen LogP contribution in [0.25, 0.3) is 11.6 Å². The van der Waals surface area contributed by atoms with Crippen molar-refractivity contribution in [1.82, 2.24) is 0 Å². The Morgan fingerprint density at radius 3 is 2.22 bits per heavy atom. The number of aryl methyl sites for hydroxylation is 1. The largest absolute Gasteiger partial charge is 0.497 e. The van der Waals surface area contributed by atoms with Gasteiger partial charge in [-0.05, 0) is 72.7 Å². The average Bonchev–Trinajstić information content (AvgIpc) is 2.79. The van der Waals surface area contributed by atoms with E-state index in [1.165, 1.54) is 25.3 Å². The SMILES string of the molecule is COc1ccc(/C(C#N)=C/c2cc(Cl)c(OS(=O)(=O)c3ccc(C)cc3)c(OC)c2)cc1. The van der Waals surface area contributed by atoms with Gasteiger partial charge in [-0.2, -0.15) is 13.7 Å². The highest BCUT2D eigenvalue weighted by Crippen LogP contribution is 2.39. The Hall–Kier alpha value is -3.47. The van der Waals surface area contributed by atoms with Crippen molar-refractivity contribution in [3.05, 3.63) is 82.4 Å². The van der Waals surface area contributed by atoms with Gasteiger partial charge in [0, 0.05) is 0 Å². The van der Waals surface area contributed by atoms with Crippen molar-refractivity contribution in [3.8, 4) is 23.3 Å².